The summed E-state index contributed by atoms with van der Waals surface area (Å²) in [7, 11) is -2.86. The van der Waals surface area contributed by atoms with Crippen LogP contribution in [0.4, 0.5) is 5.69 Å². The number of aryl methyl sites for hydroxylation is 1. The zero-order chi connectivity index (χ0) is 22.6. The fourth-order valence-corrected chi connectivity index (χ4v) is 3.59. The van der Waals surface area contributed by atoms with E-state index in [1.54, 1.807) is 56.5 Å². The van der Waals surface area contributed by atoms with Gasteiger partial charge in [0.2, 0.25) is 0 Å². The molecule has 0 aliphatic carbocycles. The van der Waals surface area contributed by atoms with Crippen LogP contribution < -0.4 is 14.6 Å². The van der Waals surface area contributed by atoms with Crippen LogP contribution in [0.2, 0.25) is 0 Å². The summed E-state index contributed by atoms with van der Waals surface area (Å²) in [5.74, 6) is 0.683. The number of ether oxygens (including phenoxy) is 1. The lowest BCUT2D eigenvalue weighted by atomic mass is 10.1. The van der Waals surface area contributed by atoms with Crippen LogP contribution >= 0.6 is 0 Å². The zero-order valence-electron chi connectivity index (χ0n) is 16.6. The Morgan fingerprint density at radius 2 is 1.65 bits per heavy atom. The average molecular weight is 442 g/mol. The molecule has 0 aliphatic heterocycles. The molecule has 1 heterocycles. The minimum absolute atomic E-state index is 0.200. The van der Waals surface area contributed by atoms with E-state index >= 15 is 0 Å². The van der Waals surface area contributed by atoms with E-state index in [9.17, 15) is 23.3 Å². The Hall–Kier alpha value is -3.92. The van der Waals surface area contributed by atoms with Gasteiger partial charge in [-0.05, 0) is 54.5 Å². The lowest BCUT2D eigenvalue weighted by Crippen LogP contribution is -2.32. The number of nitro groups is 1. The summed E-state index contributed by atoms with van der Waals surface area (Å²) >= 11 is 0. The molecule has 10 heteroatoms. The van der Waals surface area contributed by atoms with Gasteiger partial charge in [0.1, 0.15) is 10.6 Å². The van der Waals surface area contributed by atoms with Crippen molar-refractivity contribution in [2.75, 3.05) is 7.11 Å². The van der Waals surface area contributed by atoms with Gasteiger partial charge in [-0.15, -0.1) is 4.73 Å². The minimum atomic E-state index is -4.42. The number of nitrogens with zero attached hydrogens (tertiary/aromatic N) is 2. The number of benzene rings is 2. The fraction of sp³-hybridized carbons (Fsp3) is 0.0952. The quantitative estimate of drug-likeness (QED) is 0.408. The molecular weight excluding hydrogens is 424 g/mol. The highest BCUT2D eigenvalue weighted by Gasteiger charge is 2.20. The van der Waals surface area contributed by atoms with E-state index in [2.05, 4.69) is 0 Å². The summed E-state index contributed by atoms with van der Waals surface area (Å²) in [6.45, 7) is 1.70. The van der Waals surface area contributed by atoms with Crippen LogP contribution in [0.15, 0.2) is 70.4 Å². The zero-order valence-corrected chi connectivity index (χ0v) is 17.4. The van der Waals surface area contributed by atoms with Crippen LogP contribution in [0.25, 0.3) is 12.2 Å². The maximum Gasteiger partial charge on any atom is 0.357 e. The Balaban J connectivity index is 1.96. The van der Waals surface area contributed by atoms with Crippen LogP contribution in [-0.4, -0.2) is 25.2 Å². The van der Waals surface area contributed by atoms with Gasteiger partial charge in [-0.3, -0.25) is 19.2 Å². The molecule has 1 aromatic heterocycles. The largest absolute Gasteiger partial charge is 0.497 e. The second kappa shape index (κ2) is 8.84. The van der Waals surface area contributed by atoms with Gasteiger partial charge < -0.3 is 4.74 Å². The standard InChI is InChI=1S/C21H18N2O7S/c1-15-13-18(6-3-16-4-9-19(29-2)10-5-16)22(21(24)14-15)30-31(27,28)20-11-7-17(8-12-20)23(25)26/h3-14H,1-2H3. The number of aromatic nitrogens is 1. The maximum absolute atomic E-state index is 12.6. The average Bonchev–Trinajstić information content (AvgIpc) is 2.74. The van der Waals surface area contributed by atoms with Crippen molar-refractivity contribution in [2.45, 2.75) is 11.8 Å². The summed E-state index contributed by atoms with van der Waals surface area (Å²) in [4.78, 5) is 22.2. The van der Waals surface area contributed by atoms with Crippen LogP contribution in [0.1, 0.15) is 16.8 Å². The number of non-ortho nitro benzene ring substituents is 1. The third-order valence-electron chi connectivity index (χ3n) is 4.23. The van der Waals surface area contributed by atoms with Crippen molar-refractivity contribution in [3.05, 3.63) is 98.0 Å². The van der Waals surface area contributed by atoms with Gasteiger partial charge in [-0.1, -0.05) is 18.2 Å². The van der Waals surface area contributed by atoms with E-state index in [0.29, 0.717) is 16.0 Å². The van der Waals surface area contributed by atoms with Gasteiger partial charge in [0.25, 0.3) is 11.2 Å². The molecule has 3 rings (SSSR count). The van der Waals surface area contributed by atoms with Crippen molar-refractivity contribution in [2.24, 2.45) is 0 Å². The molecule has 0 fully saturated rings. The molecular formula is C21H18N2O7S. The third kappa shape index (κ3) is 5.17. The van der Waals surface area contributed by atoms with Crippen molar-refractivity contribution in [3.63, 3.8) is 0 Å². The number of nitro benzene ring substituents is 1. The van der Waals surface area contributed by atoms with Crippen LogP contribution in [0.5, 0.6) is 5.75 Å². The van der Waals surface area contributed by atoms with Crippen molar-refractivity contribution >= 4 is 28.0 Å². The second-order valence-corrected chi connectivity index (χ2v) is 8.01. The van der Waals surface area contributed by atoms with Gasteiger partial charge in [0.05, 0.1) is 17.7 Å². The Morgan fingerprint density at radius 1 is 1.00 bits per heavy atom. The second-order valence-electron chi connectivity index (χ2n) is 6.48. The van der Waals surface area contributed by atoms with Crippen LogP contribution in [0.3, 0.4) is 0 Å². The SMILES string of the molecule is COc1ccc(C=Cc2cc(C)cc(=O)n2OS(=O)(=O)c2ccc([N+](=O)[O-])cc2)cc1. The van der Waals surface area contributed by atoms with Crippen LogP contribution in [0, 0.1) is 17.0 Å². The van der Waals surface area contributed by atoms with Crippen molar-refractivity contribution in [3.8, 4) is 5.75 Å². The van der Waals surface area contributed by atoms with E-state index in [-0.39, 0.29) is 16.3 Å². The van der Waals surface area contributed by atoms with E-state index < -0.39 is 20.6 Å². The van der Waals surface area contributed by atoms with Crippen molar-refractivity contribution in [1.82, 2.24) is 4.73 Å². The van der Waals surface area contributed by atoms with Gasteiger partial charge in [-0.25, -0.2) is 0 Å². The Morgan fingerprint density at radius 3 is 2.23 bits per heavy atom. The molecule has 0 spiro atoms. The predicted octanol–water partition coefficient (Wildman–Crippen LogP) is 3.06. The van der Waals surface area contributed by atoms with Gasteiger partial charge >= 0.3 is 10.1 Å². The molecule has 0 N–H and O–H groups in total. The molecule has 3 aromatic rings. The minimum Gasteiger partial charge on any atom is -0.497 e. The Kier molecular flexibility index (Phi) is 6.21. The first-order valence-electron chi connectivity index (χ1n) is 8.95. The van der Waals surface area contributed by atoms with Crippen LogP contribution in [-0.2, 0) is 10.1 Å². The molecule has 31 heavy (non-hydrogen) atoms. The molecule has 0 bridgehead atoms. The first-order valence-corrected chi connectivity index (χ1v) is 10.4. The molecule has 0 saturated heterocycles. The molecule has 9 nitrogen and oxygen atoms in total. The molecule has 0 saturated carbocycles. The molecule has 0 aliphatic rings. The van der Waals surface area contributed by atoms with Gasteiger partial charge in [0.15, 0.2) is 0 Å². The summed E-state index contributed by atoms with van der Waals surface area (Å²) in [5.41, 5.74) is 0.659. The normalized spacial score (nSPS) is 11.4. The van der Waals surface area contributed by atoms with E-state index in [1.807, 2.05) is 0 Å². The fourth-order valence-electron chi connectivity index (χ4n) is 2.68. The summed E-state index contributed by atoms with van der Waals surface area (Å²) in [5, 5.41) is 10.8. The number of hydrogen-bond donors (Lipinski definition) is 0. The maximum atomic E-state index is 12.6. The number of methoxy groups -OCH3 is 1. The van der Waals surface area contributed by atoms with Gasteiger partial charge in [-0.2, -0.15) is 8.42 Å². The first kappa shape index (κ1) is 21.8. The van der Waals surface area contributed by atoms with E-state index in [0.717, 1.165) is 29.8 Å². The first-order chi connectivity index (χ1) is 14.7. The third-order valence-corrected chi connectivity index (χ3v) is 5.43. The predicted molar refractivity (Wildman–Crippen MR) is 114 cm³/mol. The molecule has 0 atom stereocenters. The highest BCUT2D eigenvalue weighted by Crippen LogP contribution is 2.18. The van der Waals surface area contributed by atoms with Gasteiger partial charge in [0, 0.05) is 18.2 Å². The molecule has 0 unspecified atom stereocenters. The van der Waals surface area contributed by atoms with E-state index in [1.165, 1.54) is 6.07 Å². The lowest BCUT2D eigenvalue weighted by molar-refractivity contribution is -0.384. The molecule has 2 aromatic carbocycles. The highest BCUT2D eigenvalue weighted by atomic mass is 32.2. The Bertz CT molecular complexity index is 1290. The smallest absolute Gasteiger partial charge is 0.357 e. The highest BCUT2D eigenvalue weighted by molar-refractivity contribution is 7.87. The number of hydrogen-bond acceptors (Lipinski definition) is 7. The lowest BCUT2D eigenvalue weighted by Gasteiger charge is -2.12. The summed E-state index contributed by atoms with van der Waals surface area (Å²) in [6.07, 6.45) is 3.23. The molecule has 0 radical (unpaired) electrons. The Labute approximate surface area is 178 Å². The van der Waals surface area contributed by atoms with Crippen molar-refractivity contribution < 1.29 is 22.4 Å². The summed E-state index contributed by atoms with van der Waals surface area (Å²) < 4.78 is 36.1. The topological polar surface area (TPSA) is 118 Å². The van der Waals surface area contributed by atoms with Crippen molar-refractivity contribution in [1.29, 1.82) is 0 Å². The summed E-state index contributed by atoms with van der Waals surface area (Å²) in [6, 6.07) is 14.1. The number of rotatable bonds is 7. The molecule has 160 valence electrons. The van der Waals surface area contributed by atoms with E-state index in [4.69, 9.17) is 9.02 Å². The molecule has 0 amide bonds. The number of pyridine rings is 1. The monoisotopic (exact) mass is 442 g/mol.